The molecule has 0 amide bonds. The molecule has 0 unspecified atom stereocenters. The Balaban J connectivity index is 2.28. The summed E-state index contributed by atoms with van der Waals surface area (Å²) in [4.78, 5) is 26.4. The fraction of sp³-hybridized carbons (Fsp3) is 0.278. The molecule has 0 aliphatic heterocycles. The largest absolute Gasteiger partial charge is 0.463 e. The number of rotatable bonds is 7. The van der Waals surface area contributed by atoms with E-state index in [1.54, 1.807) is 19.9 Å². The molecule has 0 saturated heterocycles. The Bertz CT molecular complexity index is 941. The number of nitrogens with two attached hydrogens (primary N) is 1. The van der Waals surface area contributed by atoms with Gasteiger partial charge in [-0.05, 0) is 36.2 Å². The van der Waals surface area contributed by atoms with E-state index >= 15 is 0 Å². The molecule has 2 heterocycles. The van der Waals surface area contributed by atoms with Crippen LogP contribution in [-0.2, 0) is 14.3 Å². The number of hydrogen-bond acceptors (Lipinski definition) is 8. The van der Waals surface area contributed by atoms with Crippen LogP contribution in [0.3, 0.4) is 0 Å². The van der Waals surface area contributed by atoms with Gasteiger partial charge in [-0.25, -0.2) is 4.98 Å². The summed E-state index contributed by atoms with van der Waals surface area (Å²) in [6, 6.07) is 5.91. The van der Waals surface area contributed by atoms with Gasteiger partial charge >= 0.3 is 5.97 Å². The highest BCUT2D eigenvalue weighted by Gasteiger charge is 2.24. The van der Waals surface area contributed by atoms with Crippen LogP contribution < -0.4 is 10.7 Å². The molecule has 2 aromatic heterocycles. The molecule has 0 aromatic carbocycles. The first kappa shape index (κ1) is 20.4. The Hall–Kier alpha value is -2.88. The number of pyridine rings is 1. The predicted molar refractivity (Wildman–Crippen MR) is 102 cm³/mol. The molecule has 0 atom stereocenters. The molecule has 0 saturated carbocycles. The van der Waals surface area contributed by atoms with E-state index in [-0.39, 0.29) is 41.0 Å². The number of ketones is 1. The molecule has 2 aromatic rings. The molecule has 0 fully saturated rings. The maximum Gasteiger partial charge on any atom is 0.313 e. The summed E-state index contributed by atoms with van der Waals surface area (Å²) in [5.74, 6) is -0.833. The second kappa shape index (κ2) is 9.17. The average molecular weight is 401 g/mol. The third-order valence-electron chi connectivity index (χ3n) is 3.36. The van der Waals surface area contributed by atoms with Gasteiger partial charge < -0.3 is 4.74 Å². The summed E-state index contributed by atoms with van der Waals surface area (Å²) < 4.78 is 4.95. The number of thiophene rings is 1. The molecule has 2 rings (SSSR count). The van der Waals surface area contributed by atoms with Crippen molar-refractivity contribution in [3.63, 3.8) is 0 Å². The minimum absolute atomic E-state index is 0.0349. The quantitative estimate of drug-likeness (QED) is 0.428. The first-order valence-corrected chi connectivity index (χ1v) is 9.85. The standard InChI is InChI=1S/C18H16N4O3S2/c1-10(2)25-15(24)5-12(23)9-27-18-14(7-20)16(11-3-4-26-8-11)13(6-19)17(21)22-18/h3-4,8,10H,5,9H2,1-2H3,(H2,21,22)/p+1. The van der Waals surface area contributed by atoms with Crippen molar-refractivity contribution in [1.82, 2.24) is 0 Å². The van der Waals surface area contributed by atoms with Crippen LogP contribution in [0.2, 0.25) is 0 Å². The number of carbonyl (C=O) groups is 2. The van der Waals surface area contributed by atoms with Gasteiger partial charge in [0.25, 0.3) is 5.82 Å². The van der Waals surface area contributed by atoms with E-state index < -0.39 is 5.97 Å². The summed E-state index contributed by atoms with van der Waals surface area (Å²) >= 11 is 2.50. The normalized spacial score (nSPS) is 10.3. The van der Waals surface area contributed by atoms with Gasteiger partial charge in [-0.1, -0.05) is 11.8 Å². The Morgan fingerprint density at radius 1 is 1.33 bits per heavy atom. The first-order chi connectivity index (χ1) is 12.9. The van der Waals surface area contributed by atoms with Gasteiger partial charge in [0.2, 0.25) is 0 Å². The van der Waals surface area contributed by atoms with E-state index in [0.717, 1.165) is 11.8 Å². The van der Waals surface area contributed by atoms with Crippen molar-refractivity contribution in [3.8, 4) is 23.3 Å². The molecule has 9 heteroatoms. The number of hydrogen-bond donors (Lipinski definition) is 1. The van der Waals surface area contributed by atoms with Gasteiger partial charge in [-0.15, -0.1) is 0 Å². The van der Waals surface area contributed by atoms with Crippen LogP contribution in [0.1, 0.15) is 31.4 Å². The smallest absolute Gasteiger partial charge is 0.313 e. The number of Topliss-reactive ketones (excluding diaryl/α,β-unsaturated/α-hetero) is 1. The molecule has 7 nitrogen and oxygen atoms in total. The number of nitrogen functional groups attached to an aromatic ring is 1. The number of aromatic amines is 1. The Morgan fingerprint density at radius 3 is 2.59 bits per heavy atom. The van der Waals surface area contributed by atoms with Gasteiger partial charge in [0.05, 0.1) is 11.9 Å². The van der Waals surface area contributed by atoms with E-state index in [2.05, 4.69) is 11.1 Å². The van der Waals surface area contributed by atoms with Gasteiger partial charge in [-0.2, -0.15) is 21.9 Å². The Labute approximate surface area is 164 Å². The maximum atomic E-state index is 12.0. The number of thioether (sulfide) groups is 1. The Morgan fingerprint density at radius 2 is 2.04 bits per heavy atom. The third kappa shape index (κ3) is 5.07. The average Bonchev–Trinajstić information content (AvgIpc) is 3.12. The van der Waals surface area contributed by atoms with Crippen LogP contribution in [0.25, 0.3) is 11.1 Å². The summed E-state index contributed by atoms with van der Waals surface area (Å²) in [5.41, 5.74) is 7.51. The zero-order valence-electron chi connectivity index (χ0n) is 14.7. The topological polar surface area (TPSA) is 131 Å². The molecule has 138 valence electrons. The number of nitrogens with one attached hydrogen (secondary N) is 1. The molecule has 0 spiro atoms. The monoisotopic (exact) mass is 401 g/mol. The van der Waals surface area contributed by atoms with Crippen LogP contribution in [0.5, 0.6) is 0 Å². The van der Waals surface area contributed by atoms with E-state index in [4.69, 9.17) is 10.5 Å². The fourth-order valence-electron chi connectivity index (χ4n) is 2.32. The highest BCUT2D eigenvalue weighted by atomic mass is 32.2. The maximum absolute atomic E-state index is 12.0. The zero-order valence-corrected chi connectivity index (χ0v) is 16.4. The lowest BCUT2D eigenvalue weighted by molar-refractivity contribution is -0.410. The minimum Gasteiger partial charge on any atom is -0.463 e. The summed E-state index contributed by atoms with van der Waals surface area (Å²) in [7, 11) is 0. The van der Waals surface area contributed by atoms with Gasteiger partial charge in [0.1, 0.15) is 29.7 Å². The van der Waals surface area contributed by atoms with Crippen LogP contribution in [-0.4, -0.2) is 23.6 Å². The van der Waals surface area contributed by atoms with Crippen LogP contribution >= 0.6 is 23.1 Å². The fourth-order valence-corrected chi connectivity index (χ4v) is 3.84. The molecule has 27 heavy (non-hydrogen) atoms. The van der Waals surface area contributed by atoms with Crippen molar-refractivity contribution in [3.05, 3.63) is 28.0 Å². The van der Waals surface area contributed by atoms with E-state index in [1.165, 1.54) is 11.3 Å². The molecule has 0 bridgehead atoms. The lowest BCUT2D eigenvalue weighted by Gasteiger charge is -2.09. The lowest BCUT2D eigenvalue weighted by atomic mass is 9.99. The second-order valence-corrected chi connectivity index (χ2v) is 7.54. The highest BCUT2D eigenvalue weighted by molar-refractivity contribution is 7.99. The molecule has 0 aliphatic rings. The molecular weight excluding hydrogens is 384 g/mol. The number of esters is 1. The van der Waals surface area contributed by atoms with Crippen LogP contribution in [0.4, 0.5) is 5.82 Å². The van der Waals surface area contributed by atoms with E-state index in [9.17, 15) is 20.1 Å². The van der Waals surface area contributed by atoms with Gasteiger partial charge in [0.15, 0.2) is 10.8 Å². The molecule has 3 N–H and O–H groups in total. The highest BCUT2D eigenvalue weighted by Crippen LogP contribution is 2.34. The summed E-state index contributed by atoms with van der Waals surface area (Å²) in [5, 5.41) is 23.1. The molecule has 0 aliphatic carbocycles. The number of nitriles is 2. The molecular formula is C18H17N4O3S2+. The number of carbonyl (C=O) groups excluding carboxylic acids is 2. The second-order valence-electron chi connectivity index (χ2n) is 5.77. The van der Waals surface area contributed by atoms with Crippen LogP contribution in [0.15, 0.2) is 21.9 Å². The number of nitrogens with zero attached hydrogens (tertiary/aromatic N) is 2. The third-order valence-corrected chi connectivity index (χ3v) is 5.11. The number of aromatic nitrogens is 1. The number of H-pyrrole nitrogens is 1. The SMILES string of the molecule is CC(C)OC(=O)CC(=O)CSc1[nH+]c(N)c(C#N)c(-c2ccsc2)c1C#N. The minimum atomic E-state index is -0.585. The van der Waals surface area contributed by atoms with Gasteiger partial charge in [-0.3, -0.25) is 15.3 Å². The summed E-state index contributed by atoms with van der Waals surface area (Å²) in [6.07, 6.45) is -0.626. The van der Waals surface area contributed by atoms with Crippen molar-refractivity contribution in [1.29, 1.82) is 10.5 Å². The Kier molecular flexibility index (Phi) is 6.94. The lowest BCUT2D eigenvalue weighted by Crippen LogP contribution is -2.20. The molecule has 0 radical (unpaired) electrons. The summed E-state index contributed by atoms with van der Waals surface area (Å²) in [6.45, 7) is 3.41. The number of anilines is 1. The zero-order chi connectivity index (χ0) is 20.0. The van der Waals surface area contributed by atoms with Crippen molar-refractivity contribution in [2.24, 2.45) is 0 Å². The van der Waals surface area contributed by atoms with Crippen LogP contribution in [0, 0.1) is 22.7 Å². The van der Waals surface area contributed by atoms with Crippen molar-refractivity contribution in [2.45, 2.75) is 31.4 Å². The van der Waals surface area contributed by atoms with Crippen molar-refractivity contribution >= 4 is 40.7 Å². The number of ether oxygens (including phenoxy) is 1. The van der Waals surface area contributed by atoms with Crippen molar-refractivity contribution < 1.29 is 19.3 Å². The van der Waals surface area contributed by atoms with Crippen molar-refractivity contribution in [2.75, 3.05) is 11.5 Å². The van der Waals surface area contributed by atoms with Gasteiger partial charge in [0, 0.05) is 5.56 Å². The van der Waals surface area contributed by atoms with E-state index in [1.807, 2.05) is 16.8 Å². The van der Waals surface area contributed by atoms with E-state index in [0.29, 0.717) is 16.2 Å². The first-order valence-electron chi connectivity index (χ1n) is 7.92. The predicted octanol–water partition coefficient (Wildman–Crippen LogP) is 2.56.